The molecule has 4 N–H and O–H groups in total. The summed E-state index contributed by atoms with van der Waals surface area (Å²) in [4.78, 5) is 25.2. The molecule has 4 aromatic carbocycles. The minimum Gasteiger partial charge on any atom is -0.481 e. The van der Waals surface area contributed by atoms with E-state index in [1.165, 1.54) is 0 Å². The summed E-state index contributed by atoms with van der Waals surface area (Å²) in [6, 6.07) is 33.5. The van der Waals surface area contributed by atoms with Crippen LogP contribution < -0.4 is 5.32 Å². The molecule has 9 heteroatoms. The summed E-state index contributed by atoms with van der Waals surface area (Å²) in [7, 11) is 2.01. The molecule has 50 heavy (non-hydrogen) atoms. The van der Waals surface area contributed by atoms with Crippen molar-refractivity contribution in [2.24, 2.45) is 0 Å². The molecule has 0 radical (unpaired) electrons. The number of benzene rings is 4. The highest BCUT2D eigenvalue weighted by molar-refractivity contribution is 5.76. The summed E-state index contributed by atoms with van der Waals surface area (Å²) < 4.78 is 13.3. The number of rotatable bonds is 16. The first-order valence-corrected chi connectivity index (χ1v) is 17.3. The number of carboxylic acids is 1. The first-order chi connectivity index (χ1) is 24.2. The second-order valence-corrected chi connectivity index (χ2v) is 13.1. The molecule has 1 saturated heterocycles. The predicted molar refractivity (Wildman–Crippen MR) is 192 cm³/mol. The maximum atomic E-state index is 12.3. The number of hydrogen-bond acceptors (Lipinski definition) is 7. The Kier molecular flexibility index (Phi) is 13.3. The molecule has 5 rings (SSSR count). The molecule has 0 unspecified atom stereocenters. The van der Waals surface area contributed by atoms with Gasteiger partial charge in [0.25, 0.3) is 0 Å². The van der Waals surface area contributed by atoms with Crippen molar-refractivity contribution in [3.63, 3.8) is 0 Å². The van der Waals surface area contributed by atoms with Gasteiger partial charge in [-0.3, -0.25) is 14.5 Å². The summed E-state index contributed by atoms with van der Waals surface area (Å²) >= 11 is 0. The number of aliphatic carboxylic acids is 1. The number of unbranched alkanes of at least 4 members (excludes halogenated alkanes) is 1. The maximum absolute atomic E-state index is 12.3. The van der Waals surface area contributed by atoms with Gasteiger partial charge in [0.05, 0.1) is 24.9 Å². The second kappa shape index (κ2) is 18.0. The van der Waals surface area contributed by atoms with Gasteiger partial charge in [0.1, 0.15) is 0 Å². The van der Waals surface area contributed by atoms with Crippen LogP contribution in [0.5, 0.6) is 0 Å². The number of carboxylic acid groups (broad SMARTS) is 1. The molecule has 264 valence electrons. The number of hydrogen-bond donors (Lipinski definition) is 4. The van der Waals surface area contributed by atoms with E-state index in [1.54, 1.807) is 0 Å². The molecule has 0 saturated carbocycles. The lowest BCUT2D eigenvalue weighted by Crippen LogP contribution is -2.43. The lowest BCUT2D eigenvalue weighted by atomic mass is 9.97. The van der Waals surface area contributed by atoms with Crippen LogP contribution in [0.4, 0.5) is 0 Å². The van der Waals surface area contributed by atoms with Crippen LogP contribution in [0.25, 0.3) is 11.1 Å². The number of ether oxygens (including phenoxy) is 2. The number of aliphatic hydroxyl groups excluding tert-OH is 2. The fourth-order valence-electron chi connectivity index (χ4n) is 6.27. The van der Waals surface area contributed by atoms with Gasteiger partial charge in [0.15, 0.2) is 6.29 Å². The quantitative estimate of drug-likeness (QED) is 0.0963. The molecular weight excluding hydrogens is 632 g/mol. The number of aliphatic hydroxyl groups is 2. The Hall–Kier alpha value is -4.38. The van der Waals surface area contributed by atoms with E-state index in [0.29, 0.717) is 38.8 Å². The normalized spacial score (nSPS) is 18.8. The van der Waals surface area contributed by atoms with Crippen molar-refractivity contribution in [1.29, 1.82) is 0 Å². The van der Waals surface area contributed by atoms with Crippen LogP contribution in [-0.2, 0) is 32.2 Å². The van der Waals surface area contributed by atoms with E-state index in [4.69, 9.17) is 14.6 Å². The van der Waals surface area contributed by atoms with E-state index in [9.17, 15) is 19.8 Å². The zero-order valence-electron chi connectivity index (χ0n) is 28.8. The zero-order valence-corrected chi connectivity index (χ0v) is 28.8. The van der Waals surface area contributed by atoms with E-state index >= 15 is 0 Å². The standard InChI is InChI=1S/C41H48N2O7/c1-28(40(48)32-11-4-3-5-12-32)43(2)26-36-24-37(31-20-18-29(27-44)19-21-31)50-41(49-36)35-15-9-14-34(23-35)33-13-8-10-30(22-33)25-42-38(45)16-6-7-17-39(46)47/h3-5,8-15,18-23,28,36-37,40-41,44,48H,6-7,16-17,24-27H2,1-2H3,(H,42,45)(H,46,47)/t28-,36-,37+,40-,41+/m0/s1. The third-order valence-electron chi connectivity index (χ3n) is 9.35. The fourth-order valence-corrected chi connectivity index (χ4v) is 6.27. The van der Waals surface area contributed by atoms with Crippen LogP contribution >= 0.6 is 0 Å². The molecule has 0 aromatic heterocycles. The third kappa shape index (κ3) is 10.3. The van der Waals surface area contributed by atoms with Crippen molar-refractivity contribution in [3.05, 3.63) is 131 Å². The van der Waals surface area contributed by atoms with E-state index in [0.717, 1.165) is 38.9 Å². The molecule has 0 aliphatic carbocycles. The summed E-state index contributed by atoms with van der Waals surface area (Å²) in [5, 5.41) is 32.4. The van der Waals surface area contributed by atoms with E-state index in [-0.39, 0.29) is 37.2 Å². The first kappa shape index (κ1) is 36.9. The molecule has 1 amide bonds. The summed E-state index contributed by atoms with van der Waals surface area (Å²) in [6.07, 6.45) is 0.294. The Morgan fingerprint density at radius 3 is 2.26 bits per heavy atom. The monoisotopic (exact) mass is 680 g/mol. The van der Waals surface area contributed by atoms with Gasteiger partial charge in [-0.15, -0.1) is 0 Å². The number of amides is 1. The number of nitrogens with zero attached hydrogens (tertiary/aromatic N) is 1. The Morgan fingerprint density at radius 1 is 0.840 bits per heavy atom. The molecule has 1 aliphatic heterocycles. The molecule has 9 nitrogen and oxygen atoms in total. The van der Waals surface area contributed by atoms with Gasteiger partial charge in [0.2, 0.25) is 5.91 Å². The van der Waals surface area contributed by atoms with Crippen LogP contribution in [0.3, 0.4) is 0 Å². The van der Waals surface area contributed by atoms with Crippen molar-refractivity contribution >= 4 is 11.9 Å². The predicted octanol–water partition coefficient (Wildman–Crippen LogP) is 6.71. The Balaban J connectivity index is 1.30. The van der Waals surface area contributed by atoms with Gasteiger partial charge in [-0.1, -0.05) is 91.0 Å². The van der Waals surface area contributed by atoms with Crippen molar-refractivity contribution in [1.82, 2.24) is 10.2 Å². The highest BCUT2D eigenvalue weighted by atomic mass is 16.7. The average Bonchev–Trinajstić information content (AvgIpc) is 3.15. The number of carbonyl (C=O) groups is 2. The second-order valence-electron chi connectivity index (χ2n) is 13.1. The van der Waals surface area contributed by atoms with Crippen LogP contribution in [0, 0.1) is 0 Å². The topological polar surface area (TPSA) is 129 Å². The van der Waals surface area contributed by atoms with Gasteiger partial charge in [-0.2, -0.15) is 0 Å². The lowest BCUT2D eigenvalue weighted by Gasteiger charge is -2.39. The van der Waals surface area contributed by atoms with E-state index in [1.807, 2.05) is 105 Å². The Bertz CT molecular complexity index is 1680. The van der Waals surface area contributed by atoms with Gasteiger partial charge < -0.3 is 30.1 Å². The highest BCUT2D eigenvalue weighted by Crippen LogP contribution is 2.39. The van der Waals surface area contributed by atoms with Crippen LogP contribution in [-0.4, -0.2) is 57.8 Å². The fraction of sp³-hybridized carbons (Fsp3) is 0.366. The largest absolute Gasteiger partial charge is 0.481 e. The van der Waals surface area contributed by atoms with Gasteiger partial charge in [-0.25, -0.2) is 0 Å². The van der Waals surface area contributed by atoms with E-state index in [2.05, 4.69) is 22.3 Å². The summed E-state index contributed by atoms with van der Waals surface area (Å²) in [6.45, 7) is 2.96. The molecule has 4 aromatic rings. The van der Waals surface area contributed by atoms with Gasteiger partial charge in [0, 0.05) is 44.0 Å². The van der Waals surface area contributed by atoms with Gasteiger partial charge >= 0.3 is 5.97 Å². The molecule has 1 heterocycles. The number of nitrogens with one attached hydrogen (secondary N) is 1. The average molecular weight is 681 g/mol. The SMILES string of the molecule is C[C@@H]([C@H](O)c1ccccc1)N(C)C[C@@H]1C[C@H](c2ccc(CO)cc2)O[C@H](c2cccc(-c3cccc(CNC(=O)CCCCC(=O)O)c3)c2)O1. The minimum atomic E-state index is -0.849. The molecule has 1 aliphatic rings. The minimum absolute atomic E-state index is 0.0262. The summed E-state index contributed by atoms with van der Waals surface area (Å²) in [5.74, 6) is -0.947. The molecular formula is C41H48N2O7. The number of carbonyl (C=O) groups excluding carboxylic acids is 1. The Labute approximate surface area is 294 Å². The van der Waals surface area contributed by atoms with E-state index < -0.39 is 18.4 Å². The zero-order chi connectivity index (χ0) is 35.5. The number of likely N-dealkylation sites (N-methyl/N-ethyl adjacent to an activating group) is 1. The molecule has 0 spiro atoms. The maximum Gasteiger partial charge on any atom is 0.303 e. The van der Waals surface area contributed by atoms with Crippen molar-refractivity contribution in [2.45, 2.75) is 82.8 Å². The lowest BCUT2D eigenvalue weighted by molar-refractivity contribution is -0.253. The Morgan fingerprint density at radius 2 is 1.54 bits per heavy atom. The van der Waals surface area contributed by atoms with Gasteiger partial charge in [-0.05, 0) is 72.3 Å². The van der Waals surface area contributed by atoms with Crippen LogP contribution in [0.2, 0.25) is 0 Å². The van der Waals surface area contributed by atoms with Crippen molar-refractivity contribution in [2.75, 3.05) is 13.6 Å². The van der Waals surface area contributed by atoms with Crippen LogP contribution in [0.1, 0.15) is 85.3 Å². The third-order valence-corrected chi connectivity index (χ3v) is 9.35. The summed E-state index contributed by atoms with van der Waals surface area (Å²) in [5.41, 5.74) is 6.53. The molecule has 1 fully saturated rings. The van der Waals surface area contributed by atoms with Crippen LogP contribution in [0.15, 0.2) is 103 Å². The smallest absolute Gasteiger partial charge is 0.303 e. The highest BCUT2D eigenvalue weighted by Gasteiger charge is 2.34. The van der Waals surface area contributed by atoms with Crippen molar-refractivity contribution < 1.29 is 34.4 Å². The molecule has 0 bridgehead atoms. The first-order valence-electron chi connectivity index (χ1n) is 17.3. The van der Waals surface area contributed by atoms with Crippen molar-refractivity contribution in [3.8, 4) is 11.1 Å². The molecule has 5 atom stereocenters.